The van der Waals surface area contributed by atoms with E-state index < -0.39 is 24.3 Å². The van der Waals surface area contributed by atoms with Crippen LogP contribution in [0.2, 0.25) is 0 Å². The summed E-state index contributed by atoms with van der Waals surface area (Å²) in [5.74, 6) is -5.91. The van der Waals surface area contributed by atoms with E-state index in [0.29, 0.717) is 78.9 Å². The van der Waals surface area contributed by atoms with Gasteiger partial charge >= 0.3 is 24.3 Å². The number of halogens is 6. The fraction of sp³-hybridized carbons (Fsp3) is 0.714. The normalized spacial score (nSPS) is 11.1. The number of carboxylic acid groups (broad SMARTS) is 2. The molecule has 0 aliphatic carbocycles. The minimum absolute atomic E-state index is 0.110. The number of aliphatic carboxylic acids is 2. The topological polar surface area (TPSA) is 200 Å². The summed E-state index contributed by atoms with van der Waals surface area (Å²) < 4.78 is 94.7. The zero-order chi connectivity index (χ0) is 39.6. The second-order valence-electron chi connectivity index (χ2n) is 9.56. The molecule has 0 spiro atoms. The summed E-state index contributed by atoms with van der Waals surface area (Å²) in [4.78, 5) is 58.9. The summed E-state index contributed by atoms with van der Waals surface area (Å²) >= 11 is 0. The highest BCUT2D eigenvalue weighted by molar-refractivity contribution is 5.99. The van der Waals surface area contributed by atoms with Crippen LogP contribution in [0, 0.1) is 0 Å². The fourth-order valence-corrected chi connectivity index (χ4v) is 3.33. The number of carbonyl (C=O) groups excluding carboxylic acids is 2. The minimum atomic E-state index is -5.08. The number of methoxy groups -OCH3 is 6. The second-order valence-corrected chi connectivity index (χ2v) is 9.56. The molecular weight excluding hydrogens is 712 g/mol. The highest BCUT2D eigenvalue weighted by Gasteiger charge is 2.39. The van der Waals surface area contributed by atoms with Crippen molar-refractivity contribution in [2.75, 3.05) is 126 Å². The summed E-state index contributed by atoms with van der Waals surface area (Å²) in [6.07, 6.45) is -8.83. The van der Waals surface area contributed by atoms with E-state index in [1.54, 1.807) is 52.5 Å². The highest BCUT2D eigenvalue weighted by Crippen LogP contribution is 2.20. The lowest BCUT2D eigenvalue weighted by atomic mass is 10.2. The molecular formula is C28H45F6N5O12. The number of nitrogens with zero attached hydrogens (tertiary/aromatic N) is 5. The smallest absolute Gasteiger partial charge is 0.475 e. The Morgan fingerprint density at radius 3 is 1.18 bits per heavy atom. The number of hydrogen-bond donors (Lipinski definition) is 2. The van der Waals surface area contributed by atoms with Crippen LogP contribution >= 0.6 is 0 Å². The molecule has 0 unspecified atom stereocenters. The molecule has 0 aromatic carbocycles. The zero-order valence-corrected chi connectivity index (χ0v) is 29.0. The molecule has 23 heteroatoms. The predicted octanol–water partition coefficient (Wildman–Crippen LogP) is 1.31. The monoisotopic (exact) mass is 757 g/mol. The van der Waals surface area contributed by atoms with Crippen molar-refractivity contribution in [2.45, 2.75) is 12.4 Å². The molecule has 0 aliphatic rings. The Kier molecular flexibility index (Phi) is 25.9. The number of hydrogen-bond acceptors (Lipinski definition) is 13. The summed E-state index contributed by atoms with van der Waals surface area (Å²) in [6, 6.07) is 0. The second kappa shape index (κ2) is 26.8. The van der Waals surface area contributed by atoms with Crippen LogP contribution in [0.5, 0.6) is 0 Å². The van der Waals surface area contributed by atoms with E-state index in [4.69, 9.17) is 48.2 Å². The van der Waals surface area contributed by atoms with Crippen molar-refractivity contribution in [1.82, 2.24) is 19.8 Å². The van der Waals surface area contributed by atoms with Gasteiger partial charge < -0.3 is 53.3 Å². The van der Waals surface area contributed by atoms with Gasteiger partial charge in [-0.3, -0.25) is 9.59 Å². The first-order chi connectivity index (χ1) is 23.9. The number of amides is 2. The third-order valence-corrected chi connectivity index (χ3v) is 5.93. The Balaban J connectivity index is 0. The molecule has 0 atom stereocenters. The Labute approximate surface area is 290 Å². The van der Waals surface area contributed by atoms with Gasteiger partial charge in [-0.05, 0) is 0 Å². The number of rotatable bonds is 21. The average molecular weight is 758 g/mol. The summed E-state index contributed by atoms with van der Waals surface area (Å²) in [6.45, 7) is 4.40. The van der Waals surface area contributed by atoms with Crippen LogP contribution in [0.4, 0.5) is 32.2 Å². The lowest BCUT2D eigenvalue weighted by Crippen LogP contribution is -2.40. The molecule has 0 saturated heterocycles. The van der Waals surface area contributed by atoms with Gasteiger partial charge in [0, 0.05) is 81.9 Å². The van der Waals surface area contributed by atoms with Crippen LogP contribution in [0.3, 0.4) is 0 Å². The molecule has 0 saturated carbocycles. The van der Waals surface area contributed by atoms with Crippen LogP contribution in [-0.2, 0) is 38.0 Å². The summed E-state index contributed by atoms with van der Waals surface area (Å²) in [5.41, 5.74) is 0.232. The number of ether oxygens (including phenoxy) is 6. The van der Waals surface area contributed by atoms with Crippen LogP contribution in [0.1, 0.15) is 21.0 Å². The SMILES string of the molecule is COCCN(CCOC)C(=O)c1cnc(C(=O)N(CCOC)CCOC)c(N(CCOC)CCOC)n1.O=C(O)C(F)(F)F.O=C(O)C(F)(F)F. The van der Waals surface area contributed by atoms with Gasteiger partial charge in [-0.15, -0.1) is 0 Å². The average Bonchev–Trinajstić information content (AvgIpc) is 3.07. The van der Waals surface area contributed by atoms with Gasteiger partial charge in [0.1, 0.15) is 5.69 Å². The van der Waals surface area contributed by atoms with E-state index in [0.717, 1.165) is 0 Å². The van der Waals surface area contributed by atoms with E-state index in [1.165, 1.54) is 6.20 Å². The molecule has 1 rings (SSSR count). The Morgan fingerprint density at radius 1 is 0.588 bits per heavy atom. The van der Waals surface area contributed by atoms with Gasteiger partial charge in [-0.2, -0.15) is 26.3 Å². The van der Waals surface area contributed by atoms with Gasteiger partial charge in [0.25, 0.3) is 11.8 Å². The standard InChI is InChI=1S/C24H43N5O8.2C2HF3O2/c1-32-13-7-27(8-14-33-2)22-21(24(31)29(11-17-36-5)12-18-37-6)25-19-20(26-22)23(30)28(9-15-34-3)10-16-35-4;2*3-2(4,5)1(6)7/h19H,7-18H2,1-6H3;2*(H,6,7). The number of aromatic nitrogens is 2. The third kappa shape index (κ3) is 21.2. The Morgan fingerprint density at radius 2 is 0.882 bits per heavy atom. The van der Waals surface area contributed by atoms with Gasteiger partial charge in [0.2, 0.25) is 0 Å². The van der Waals surface area contributed by atoms with Crippen molar-refractivity contribution < 1.29 is 84.2 Å². The molecule has 2 N–H and O–H groups in total. The summed E-state index contributed by atoms with van der Waals surface area (Å²) in [7, 11) is 9.46. The number of carbonyl (C=O) groups is 4. The van der Waals surface area contributed by atoms with Crippen molar-refractivity contribution in [3.8, 4) is 0 Å². The quantitative estimate of drug-likeness (QED) is 0.170. The van der Waals surface area contributed by atoms with E-state index in [-0.39, 0.29) is 29.0 Å². The maximum absolute atomic E-state index is 13.6. The molecule has 1 aromatic rings. The van der Waals surface area contributed by atoms with Gasteiger partial charge in [-0.1, -0.05) is 0 Å². The molecule has 51 heavy (non-hydrogen) atoms. The molecule has 1 heterocycles. The van der Waals surface area contributed by atoms with E-state index in [2.05, 4.69) is 9.97 Å². The van der Waals surface area contributed by atoms with Gasteiger partial charge in [0.15, 0.2) is 11.5 Å². The van der Waals surface area contributed by atoms with Crippen LogP contribution in [0.15, 0.2) is 6.20 Å². The molecule has 1 aromatic heterocycles. The Bertz CT molecular complexity index is 1120. The van der Waals surface area contributed by atoms with Crippen molar-refractivity contribution in [3.63, 3.8) is 0 Å². The maximum Gasteiger partial charge on any atom is 0.490 e. The predicted molar refractivity (Wildman–Crippen MR) is 165 cm³/mol. The van der Waals surface area contributed by atoms with Crippen molar-refractivity contribution in [3.05, 3.63) is 17.6 Å². The third-order valence-electron chi connectivity index (χ3n) is 5.93. The molecule has 0 aliphatic heterocycles. The molecule has 2 amide bonds. The number of alkyl halides is 6. The van der Waals surface area contributed by atoms with Crippen molar-refractivity contribution >= 4 is 29.6 Å². The van der Waals surface area contributed by atoms with Crippen LogP contribution < -0.4 is 4.90 Å². The maximum atomic E-state index is 13.6. The molecule has 17 nitrogen and oxygen atoms in total. The van der Waals surface area contributed by atoms with E-state index in [9.17, 15) is 35.9 Å². The fourth-order valence-electron chi connectivity index (χ4n) is 3.33. The Hall–Kier alpha value is -3.90. The van der Waals surface area contributed by atoms with Crippen LogP contribution in [0.25, 0.3) is 0 Å². The van der Waals surface area contributed by atoms with E-state index >= 15 is 0 Å². The largest absolute Gasteiger partial charge is 0.490 e. The summed E-state index contributed by atoms with van der Waals surface area (Å²) in [5, 5.41) is 14.2. The van der Waals surface area contributed by atoms with Crippen LogP contribution in [-0.4, -0.2) is 188 Å². The van der Waals surface area contributed by atoms with E-state index in [1.807, 2.05) is 4.90 Å². The van der Waals surface area contributed by atoms with Gasteiger partial charge in [0.05, 0.1) is 45.8 Å². The van der Waals surface area contributed by atoms with Crippen molar-refractivity contribution in [2.24, 2.45) is 0 Å². The molecule has 0 radical (unpaired) electrons. The molecule has 0 bridgehead atoms. The first-order valence-corrected chi connectivity index (χ1v) is 14.6. The zero-order valence-electron chi connectivity index (χ0n) is 29.0. The molecule has 0 fully saturated rings. The lowest BCUT2D eigenvalue weighted by Gasteiger charge is -2.28. The highest BCUT2D eigenvalue weighted by atomic mass is 19.4. The number of carboxylic acids is 2. The molecule has 296 valence electrons. The first kappa shape index (κ1) is 49.2. The first-order valence-electron chi connectivity index (χ1n) is 14.6. The number of anilines is 1. The van der Waals surface area contributed by atoms with Crippen molar-refractivity contribution in [1.29, 1.82) is 0 Å². The lowest BCUT2D eigenvalue weighted by molar-refractivity contribution is -0.193. The minimum Gasteiger partial charge on any atom is -0.475 e. The van der Waals surface area contributed by atoms with Gasteiger partial charge in [-0.25, -0.2) is 19.6 Å².